The van der Waals surface area contributed by atoms with Crippen molar-refractivity contribution in [3.8, 4) is 5.88 Å². The lowest BCUT2D eigenvalue weighted by molar-refractivity contribution is -0.149. The van der Waals surface area contributed by atoms with Gasteiger partial charge in [-0.15, -0.1) is 0 Å². The first-order chi connectivity index (χ1) is 10.9. The maximum absolute atomic E-state index is 11.7. The molecule has 0 saturated carbocycles. The third-order valence-electron chi connectivity index (χ3n) is 2.71. The summed E-state index contributed by atoms with van der Waals surface area (Å²) in [4.78, 5) is 23.2. The minimum Gasteiger partial charge on any atom is -0.463 e. The molecule has 1 N–H and O–H groups in total. The van der Waals surface area contributed by atoms with Crippen LogP contribution in [0.2, 0.25) is 5.02 Å². The summed E-state index contributed by atoms with van der Waals surface area (Å²) < 4.78 is 14.6. The van der Waals surface area contributed by atoms with Crippen LogP contribution in [0.4, 0.5) is 5.69 Å². The molecule has 0 unspecified atom stereocenters. The molecule has 7 nitrogen and oxygen atoms in total. The number of rotatable bonds is 6. The molecule has 122 valence electrons. The van der Waals surface area contributed by atoms with Crippen LogP contribution in [0.3, 0.4) is 0 Å². The van der Waals surface area contributed by atoms with Crippen molar-refractivity contribution in [2.75, 3.05) is 18.5 Å². The number of esters is 1. The van der Waals surface area contributed by atoms with E-state index in [2.05, 4.69) is 10.5 Å². The number of hydrogen-bond donors (Lipinski definition) is 1. The lowest BCUT2D eigenvalue weighted by Gasteiger charge is -2.08. The number of hydrogen-bond acceptors (Lipinski definition) is 6. The third-order valence-corrected chi connectivity index (χ3v) is 3.02. The van der Waals surface area contributed by atoms with Gasteiger partial charge in [-0.2, -0.15) is 0 Å². The molecule has 0 spiro atoms. The summed E-state index contributed by atoms with van der Waals surface area (Å²) >= 11 is 6.00. The monoisotopic (exact) mass is 338 g/mol. The van der Waals surface area contributed by atoms with Gasteiger partial charge in [0.05, 0.1) is 10.7 Å². The molecule has 2 rings (SSSR count). The Labute approximate surface area is 137 Å². The van der Waals surface area contributed by atoms with Gasteiger partial charge >= 0.3 is 5.97 Å². The molecule has 8 heteroatoms. The zero-order chi connectivity index (χ0) is 16.8. The summed E-state index contributed by atoms with van der Waals surface area (Å²) in [5, 5.41) is 6.52. The fraction of sp³-hybridized carbons (Fsp3) is 0.267. The summed E-state index contributed by atoms with van der Waals surface area (Å²) in [5.41, 5.74) is 1.42. The molecule has 0 aliphatic heterocycles. The molecule has 1 amide bonds. The highest BCUT2D eigenvalue weighted by Crippen LogP contribution is 2.22. The van der Waals surface area contributed by atoms with E-state index in [9.17, 15) is 9.59 Å². The Morgan fingerprint density at radius 2 is 2.04 bits per heavy atom. The van der Waals surface area contributed by atoms with Crippen LogP contribution >= 0.6 is 11.6 Å². The van der Waals surface area contributed by atoms with E-state index in [4.69, 9.17) is 25.6 Å². The average Bonchev–Trinajstić information content (AvgIpc) is 2.91. The van der Waals surface area contributed by atoms with E-state index in [-0.39, 0.29) is 12.5 Å². The molecule has 1 heterocycles. The van der Waals surface area contributed by atoms with Gasteiger partial charge in [-0.05, 0) is 36.7 Å². The van der Waals surface area contributed by atoms with Gasteiger partial charge in [-0.25, -0.2) is 4.79 Å². The first-order valence-electron chi connectivity index (χ1n) is 6.72. The van der Waals surface area contributed by atoms with E-state index < -0.39 is 18.5 Å². The number of anilines is 1. The zero-order valence-corrected chi connectivity index (χ0v) is 13.3. The van der Waals surface area contributed by atoms with Crippen LogP contribution in [0.5, 0.6) is 5.88 Å². The van der Waals surface area contributed by atoms with Crippen LogP contribution in [0.15, 0.2) is 28.8 Å². The van der Waals surface area contributed by atoms with Crippen LogP contribution in [-0.2, 0) is 14.3 Å². The number of aryl methyl sites for hydroxylation is 2. The zero-order valence-electron chi connectivity index (χ0n) is 12.6. The predicted molar refractivity (Wildman–Crippen MR) is 82.5 cm³/mol. The summed E-state index contributed by atoms with van der Waals surface area (Å²) in [7, 11) is 0. The second kappa shape index (κ2) is 7.64. The largest absolute Gasteiger partial charge is 0.463 e. The van der Waals surface area contributed by atoms with Crippen molar-refractivity contribution in [2.45, 2.75) is 13.8 Å². The Hall–Kier alpha value is -2.54. The molecular formula is C15H15ClN2O5. The molecule has 0 fully saturated rings. The molecule has 0 atom stereocenters. The second-order valence-corrected chi connectivity index (χ2v) is 5.16. The number of carbonyl (C=O) groups is 2. The Kier molecular flexibility index (Phi) is 5.59. The Bertz CT molecular complexity index is 714. The minimum absolute atomic E-state index is 0.176. The van der Waals surface area contributed by atoms with E-state index in [0.29, 0.717) is 16.5 Å². The van der Waals surface area contributed by atoms with Crippen molar-refractivity contribution in [1.29, 1.82) is 0 Å². The van der Waals surface area contributed by atoms with Crippen LogP contribution in [0, 0.1) is 13.8 Å². The second-order valence-electron chi connectivity index (χ2n) is 4.76. The standard InChI is InChI=1S/C15H15ClN2O5/c1-9-3-4-12(11(16)5-9)17-13(19)7-22-15(20)8-21-14-6-10(2)23-18-14/h3-6H,7-8H2,1-2H3,(H,17,19). The summed E-state index contributed by atoms with van der Waals surface area (Å²) in [5.74, 6) is -0.463. The van der Waals surface area contributed by atoms with Crippen molar-refractivity contribution in [3.05, 3.63) is 40.6 Å². The number of carbonyl (C=O) groups excluding carboxylic acids is 2. The van der Waals surface area contributed by atoms with Gasteiger partial charge in [0.25, 0.3) is 11.8 Å². The van der Waals surface area contributed by atoms with Crippen molar-refractivity contribution in [3.63, 3.8) is 0 Å². The van der Waals surface area contributed by atoms with Crippen LogP contribution in [0.1, 0.15) is 11.3 Å². The van der Waals surface area contributed by atoms with Gasteiger partial charge < -0.3 is 19.3 Å². The fourth-order valence-electron chi connectivity index (χ4n) is 1.64. The molecule has 2 aromatic rings. The first-order valence-corrected chi connectivity index (χ1v) is 7.09. The van der Waals surface area contributed by atoms with Gasteiger partial charge in [0.1, 0.15) is 5.76 Å². The number of halogens is 1. The van der Waals surface area contributed by atoms with E-state index in [1.165, 1.54) is 6.07 Å². The van der Waals surface area contributed by atoms with E-state index >= 15 is 0 Å². The van der Waals surface area contributed by atoms with Crippen molar-refractivity contribution < 1.29 is 23.6 Å². The van der Waals surface area contributed by atoms with Gasteiger partial charge in [-0.1, -0.05) is 17.7 Å². The maximum atomic E-state index is 11.7. The number of nitrogens with zero attached hydrogens (tertiary/aromatic N) is 1. The Morgan fingerprint density at radius 1 is 1.26 bits per heavy atom. The Morgan fingerprint density at radius 3 is 2.70 bits per heavy atom. The molecular weight excluding hydrogens is 324 g/mol. The lowest BCUT2D eigenvalue weighted by Crippen LogP contribution is -2.23. The highest BCUT2D eigenvalue weighted by atomic mass is 35.5. The molecule has 0 radical (unpaired) electrons. The summed E-state index contributed by atoms with van der Waals surface area (Å²) in [6.45, 7) is 2.77. The number of amides is 1. The third kappa shape index (κ3) is 5.30. The van der Waals surface area contributed by atoms with Crippen molar-refractivity contribution >= 4 is 29.2 Å². The number of ether oxygens (including phenoxy) is 2. The quantitative estimate of drug-likeness (QED) is 0.814. The smallest absolute Gasteiger partial charge is 0.344 e. The number of aromatic nitrogens is 1. The van der Waals surface area contributed by atoms with Gasteiger partial charge in [0.2, 0.25) is 0 Å². The molecule has 0 aliphatic carbocycles. The average molecular weight is 339 g/mol. The molecule has 1 aromatic carbocycles. The molecule has 1 aromatic heterocycles. The minimum atomic E-state index is -0.698. The summed E-state index contributed by atoms with van der Waals surface area (Å²) in [6.07, 6.45) is 0. The van der Waals surface area contributed by atoms with E-state index in [1.807, 2.05) is 6.92 Å². The lowest BCUT2D eigenvalue weighted by atomic mass is 10.2. The normalized spacial score (nSPS) is 10.2. The SMILES string of the molecule is Cc1ccc(NC(=O)COC(=O)COc2cc(C)on2)c(Cl)c1. The molecule has 0 aliphatic rings. The van der Waals surface area contributed by atoms with Gasteiger partial charge in [0, 0.05) is 6.07 Å². The van der Waals surface area contributed by atoms with Crippen LogP contribution < -0.4 is 10.1 Å². The predicted octanol–water partition coefficient (Wildman–Crippen LogP) is 2.51. The molecule has 0 bridgehead atoms. The van der Waals surface area contributed by atoms with Gasteiger partial charge in [0.15, 0.2) is 13.2 Å². The van der Waals surface area contributed by atoms with Gasteiger partial charge in [-0.3, -0.25) is 4.79 Å². The fourth-order valence-corrected chi connectivity index (χ4v) is 1.92. The van der Waals surface area contributed by atoms with Crippen LogP contribution in [0.25, 0.3) is 0 Å². The molecule has 0 saturated heterocycles. The highest BCUT2D eigenvalue weighted by molar-refractivity contribution is 6.33. The number of nitrogens with one attached hydrogen (secondary N) is 1. The number of benzene rings is 1. The van der Waals surface area contributed by atoms with Crippen molar-refractivity contribution in [1.82, 2.24) is 5.16 Å². The van der Waals surface area contributed by atoms with E-state index in [0.717, 1.165) is 5.56 Å². The van der Waals surface area contributed by atoms with Crippen molar-refractivity contribution in [2.24, 2.45) is 0 Å². The molecule has 23 heavy (non-hydrogen) atoms. The topological polar surface area (TPSA) is 90.7 Å². The first kappa shape index (κ1) is 16.8. The van der Waals surface area contributed by atoms with E-state index in [1.54, 1.807) is 25.1 Å². The highest BCUT2D eigenvalue weighted by Gasteiger charge is 2.11. The van der Waals surface area contributed by atoms with Crippen LogP contribution in [-0.4, -0.2) is 30.2 Å². The summed E-state index contributed by atoms with van der Waals surface area (Å²) in [6, 6.07) is 6.73. The maximum Gasteiger partial charge on any atom is 0.344 e. The Balaban J connectivity index is 1.74.